The standard InChI is InChI=1S/C17H26N4O3/c22-17(6-13-4-2-1-3-5-13)20-7-15-16(8-20)24-10-14(9-23-15)21-12-18-11-19-21/h11-16H,1-10H2/t15-,16-/m0/s1. The van der Waals surface area contributed by atoms with Gasteiger partial charge >= 0.3 is 0 Å². The van der Waals surface area contributed by atoms with Gasteiger partial charge in [-0.3, -0.25) is 4.79 Å². The Bertz CT molecular complexity index is 528. The molecule has 7 nitrogen and oxygen atoms in total. The van der Waals surface area contributed by atoms with E-state index in [9.17, 15) is 4.79 Å². The fourth-order valence-electron chi connectivity index (χ4n) is 4.11. The van der Waals surface area contributed by atoms with E-state index in [2.05, 4.69) is 10.1 Å². The number of hydrogen-bond acceptors (Lipinski definition) is 5. The molecule has 3 aliphatic rings. The molecule has 1 amide bonds. The third-order valence-corrected chi connectivity index (χ3v) is 5.57. The second-order valence-corrected chi connectivity index (χ2v) is 7.28. The number of amides is 1. The number of carbonyl (C=O) groups excluding carboxylic acids is 1. The summed E-state index contributed by atoms with van der Waals surface area (Å²) in [4.78, 5) is 18.5. The van der Waals surface area contributed by atoms with E-state index in [1.54, 1.807) is 11.0 Å². The third-order valence-electron chi connectivity index (χ3n) is 5.57. The molecule has 2 aliphatic heterocycles. The Balaban J connectivity index is 1.30. The number of carbonyl (C=O) groups is 1. The van der Waals surface area contributed by atoms with Crippen molar-refractivity contribution in [3.8, 4) is 0 Å². The highest BCUT2D eigenvalue weighted by Crippen LogP contribution is 2.29. The second-order valence-electron chi connectivity index (χ2n) is 7.28. The Morgan fingerprint density at radius 2 is 1.79 bits per heavy atom. The van der Waals surface area contributed by atoms with Crippen molar-refractivity contribution in [2.45, 2.75) is 56.8 Å². The smallest absolute Gasteiger partial charge is 0.223 e. The minimum absolute atomic E-state index is 0.0196. The van der Waals surface area contributed by atoms with Crippen molar-refractivity contribution in [3.05, 3.63) is 12.7 Å². The Kier molecular flexibility index (Phi) is 4.80. The van der Waals surface area contributed by atoms with E-state index in [4.69, 9.17) is 9.47 Å². The van der Waals surface area contributed by atoms with Crippen molar-refractivity contribution in [1.82, 2.24) is 19.7 Å². The summed E-state index contributed by atoms with van der Waals surface area (Å²) < 4.78 is 13.8. The molecule has 1 aliphatic carbocycles. The average Bonchev–Trinajstić information content (AvgIpc) is 3.23. The minimum Gasteiger partial charge on any atom is -0.371 e. The Morgan fingerprint density at radius 3 is 2.42 bits per heavy atom. The van der Waals surface area contributed by atoms with Crippen molar-refractivity contribution < 1.29 is 14.3 Å². The third kappa shape index (κ3) is 3.47. The van der Waals surface area contributed by atoms with Gasteiger partial charge in [0.05, 0.1) is 13.2 Å². The van der Waals surface area contributed by atoms with E-state index < -0.39 is 0 Å². The van der Waals surface area contributed by atoms with Gasteiger partial charge in [-0.05, 0) is 18.8 Å². The summed E-state index contributed by atoms with van der Waals surface area (Å²) in [5.41, 5.74) is 0. The number of fused-ring (bicyclic) bond motifs is 1. The van der Waals surface area contributed by atoms with Gasteiger partial charge in [-0.1, -0.05) is 19.3 Å². The van der Waals surface area contributed by atoms with Crippen molar-refractivity contribution in [2.24, 2.45) is 5.92 Å². The van der Waals surface area contributed by atoms with Gasteiger partial charge < -0.3 is 14.4 Å². The molecule has 0 aromatic carbocycles. The monoisotopic (exact) mass is 334 g/mol. The Morgan fingerprint density at radius 1 is 1.08 bits per heavy atom. The largest absolute Gasteiger partial charge is 0.371 e. The summed E-state index contributed by atoms with van der Waals surface area (Å²) in [6, 6.07) is 0.0597. The molecule has 1 aromatic heterocycles. The normalized spacial score (nSPS) is 29.4. The van der Waals surface area contributed by atoms with Gasteiger partial charge in [0.1, 0.15) is 30.9 Å². The molecule has 4 rings (SSSR count). The molecule has 0 spiro atoms. The van der Waals surface area contributed by atoms with Gasteiger partial charge in [0.15, 0.2) is 0 Å². The highest BCUT2D eigenvalue weighted by molar-refractivity contribution is 5.77. The van der Waals surface area contributed by atoms with E-state index in [-0.39, 0.29) is 24.2 Å². The van der Waals surface area contributed by atoms with Crippen LogP contribution >= 0.6 is 0 Å². The fourth-order valence-corrected chi connectivity index (χ4v) is 4.11. The molecule has 24 heavy (non-hydrogen) atoms. The maximum absolute atomic E-state index is 12.6. The quantitative estimate of drug-likeness (QED) is 0.836. The van der Waals surface area contributed by atoms with Crippen molar-refractivity contribution >= 4 is 5.91 Å². The summed E-state index contributed by atoms with van der Waals surface area (Å²) in [5, 5.41) is 4.16. The lowest BCUT2D eigenvalue weighted by Gasteiger charge is -2.24. The van der Waals surface area contributed by atoms with Crippen LogP contribution in [0.2, 0.25) is 0 Å². The second kappa shape index (κ2) is 7.19. The zero-order chi connectivity index (χ0) is 16.4. The SMILES string of the molecule is O=C(CC1CCCCC1)N1C[C@@H]2OCC(n3cncn3)CO[C@H]2C1. The fraction of sp³-hybridized carbons (Fsp3) is 0.824. The van der Waals surface area contributed by atoms with E-state index in [0.717, 1.165) is 0 Å². The first-order valence-corrected chi connectivity index (χ1v) is 9.14. The molecule has 0 N–H and O–H groups in total. The van der Waals surface area contributed by atoms with Crippen LogP contribution in [0.3, 0.4) is 0 Å². The lowest BCUT2D eigenvalue weighted by atomic mass is 9.87. The Hall–Kier alpha value is -1.47. The highest BCUT2D eigenvalue weighted by atomic mass is 16.6. The summed E-state index contributed by atoms with van der Waals surface area (Å²) in [7, 11) is 0. The van der Waals surface area contributed by atoms with Crippen LogP contribution in [-0.2, 0) is 14.3 Å². The molecule has 1 saturated carbocycles. The molecular formula is C17H26N4O3. The maximum atomic E-state index is 12.6. The molecule has 2 saturated heterocycles. The molecule has 132 valence electrons. The van der Waals surface area contributed by atoms with Crippen LogP contribution in [0.4, 0.5) is 0 Å². The van der Waals surface area contributed by atoms with Crippen LogP contribution in [0.1, 0.15) is 44.6 Å². The van der Waals surface area contributed by atoms with Crippen LogP contribution < -0.4 is 0 Å². The van der Waals surface area contributed by atoms with Crippen molar-refractivity contribution in [2.75, 3.05) is 26.3 Å². The average molecular weight is 334 g/mol. The number of aromatic nitrogens is 3. The molecule has 1 aromatic rings. The van der Waals surface area contributed by atoms with Crippen LogP contribution in [0.15, 0.2) is 12.7 Å². The number of nitrogens with zero attached hydrogens (tertiary/aromatic N) is 4. The van der Waals surface area contributed by atoms with Crippen LogP contribution in [-0.4, -0.2) is 64.1 Å². The number of ether oxygens (including phenoxy) is 2. The Labute approximate surface area is 142 Å². The molecule has 0 bridgehead atoms. The van der Waals surface area contributed by atoms with E-state index in [1.165, 1.54) is 38.4 Å². The first-order chi connectivity index (χ1) is 11.8. The minimum atomic E-state index is -0.0196. The number of likely N-dealkylation sites (tertiary alicyclic amines) is 1. The zero-order valence-electron chi connectivity index (χ0n) is 14.0. The topological polar surface area (TPSA) is 69.5 Å². The van der Waals surface area contributed by atoms with Crippen LogP contribution in [0.5, 0.6) is 0 Å². The highest BCUT2D eigenvalue weighted by Gasteiger charge is 2.40. The van der Waals surface area contributed by atoms with Gasteiger partial charge in [0, 0.05) is 19.5 Å². The number of hydrogen-bond donors (Lipinski definition) is 0. The van der Waals surface area contributed by atoms with Crippen LogP contribution in [0.25, 0.3) is 0 Å². The lowest BCUT2D eigenvalue weighted by Crippen LogP contribution is -2.32. The van der Waals surface area contributed by atoms with E-state index >= 15 is 0 Å². The van der Waals surface area contributed by atoms with Crippen molar-refractivity contribution in [3.63, 3.8) is 0 Å². The molecule has 3 heterocycles. The molecule has 3 fully saturated rings. The predicted octanol–water partition coefficient (Wildman–Crippen LogP) is 1.42. The van der Waals surface area contributed by atoms with Crippen molar-refractivity contribution in [1.29, 1.82) is 0 Å². The van der Waals surface area contributed by atoms with Gasteiger partial charge in [0.2, 0.25) is 5.91 Å². The van der Waals surface area contributed by atoms with Gasteiger partial charge in [-0.2, -0.15) is 5.10 Å². The van der Waals surface area contributed by atoms with Gasteiger partial charge in [-0.15, -0.1) is 0 Å². The lowest BCUT2D eigenvalue weighted by molar-refractivity contribution is -0.132. The molecule has 2 atom stereocenters. The summed E-state index contributed by atoms with van der Waals surface area (Å²) >= 11 is 0. The van der Waals surface area contributed by atoms with E-state index in [1.807, 2.05) is 4.90 Å². The maximum Gasteiger partial charge on any atom is 0.223 e. The van der Waals surface area contributed by atoms with Gasteiger partial charge in [-0.25, -0.2) is 9.67 Å². The summed E-state index contributed by atoms with van der Waals surface area (Å²) in [6.45, 7) is 2.41. The zero-order valence-corrected chi connectivity index (χ0v) is 14.0. The van der Waals surface area contributed by atoms with E-state index in [0.29, 0.717) is 38.6 Å². The molecule has 7 heteroatoms. The predicted molar refractivity (Wildman–Crippen MR) is 86.3 cm³/mol. The first kappa shape index (κ1) is 16.0. The number of rotatable bonds is 3. The first-order valence-electron chi connectivity index (χ1n) is 9.14. The molecular weight excluding hydrogens is 308 g/mol. The summed E-state index contributed by atoms with van der Waals surface area (Å²) in [5.74, 6) is 0.852. The van der Waals surface area contributed by atoms with Gasteiger partial charge in [0.25, 0.3) is 0 Å². The molecule has 0 radical (unpaired) electrons. The summed E-state index contributed by atoms with van der Waals surface area (Å²) in [6.07, 6.45) is 10.2. The van der Waals surface area contributed by atoms with Crippen LogP contribution in [0, 0.1) is 5.92 Å². The molecule has 0 unspecified atom stereocenters.